The van der Waals surface area contributed by atoms with Crippen molar-refractivity contribution >= 4 is 39.3 Å². The predicted molar refractivity (Wildman–Crippen MR) is 122 cm³/mol. The number of carbonyl (C=O) groups is 1. The molecule has 0 fully saturated rings. The minimum absolute atomic E-state index is 0.122. The molecule has 0 N–H and O–H groups in total. The summed E-state index contributed by atoms with van der Waals surface area (Å²) in [4.78, 5) is 13.2. The van der Waals surface area contributed by atoms with Crippen LogP contribution in [-0.4, -0.2) is 37.5 Å². The van der Waals surface area contributed by atoms with Gasteiger partial charge < -0.3 is 4.18 Å². The van der Waals surface area contributed by atoms with Gasteiger partial charge in [0, 0.05) is 20.9 Å². The largest absolute Gasteiger partial charge is 0.460 e. The number of hydrogen-bond acceptors (Lipinski definition) is 5. The number of benzene rings is 3. The lowest BCUT2D eigenvalue weighted by molar-refractivity contribution is -0.382. The first-order valence-electron chi connectivity index (χ1n) is 10.1. The van der Waals surface area contributed by atoms with Crippen LogP contribution >= 0.6 is 23.4 Å². The molecule has 0 saturated carbocycles. The van der Waals surface area contributed by atoms with Gasteiger partial charge in [0.25, 0.3) is 0 Å². The molecule has 0 saturated heterocycles. The first-order chi connectivity index (χ1) is 17.8. The van der Waals surface area contributed by atoms with Crippen LogP contribution in [-0.2, 0) is 10.1 Å². The Kier molecular flexibility index (Phi) is 8.31. The molecule has 210 valence electrons. The Balaban J connectivity index is 1.77. The minimum atomic E-state index is -7.41. The van der Waals surface area contributed by atoms with Gasteiger partial charge in [-0.1, -0.05) is 53.7 Å². The van der Waals surface area contributed by atoms with E-state index >= 15 is 0 Å². The van der Waals surface area contributed by atoms with Crippen LogP contribution in [0.1, 0.15) is 15.9 Å². The summed E-state index contributed by atoms with van der Waals surface area (Å²) >= 11 is 7.15. The second-order valence-corrected chi connectivity index (χ2v) is 10.7. The Morgan fingerprint density at radius 3 is 1.82 bits per heavy atom. The minimum Gasteiger partial charge on any atom is -0.378 e. The fourth-order valence-corrected chi connectivity index (χ4v) is 4.89. The van der Waals surface area contributed by atoms with E-state index in [0.29, 0.717) is 22.6 Å². The molecule has 0 bridgehead atoms. The average molecular weight is 623 g/mol. The normalized spacial score (nSPS) is 13.3. The maximum atomic E-state index is 13.8. The van der Waals surface area contributed by atoms with Crippen LogP contribution in [0.5, 0.6) is 5.75 Å². The molecule has 3 rings (SSSR count). The van der Waals surface area contributed by atoms with E-state index in [1.54, 1.807) is 30.3 Å². The maximum absolute atomic E-state index is 13.8. The zero-order valence-corrected chi connectivity index (χ0v) is 21.0. The summed E-state index contributed by atoms with van der Waals surface area (Å²) in [5.41, 5.74) is 0.670. The smallest absolute Gasteiger partial charge is 0.378 e. The SMILES string of the molecule is O=C(c1ccccc1)c1ccc(Sc2ccc(OS(=O)(=O)C(F)(F)C(F)(F)C(F)(F)C(F)(F)F)cc2)c(Cl)c1. The molecule has 0 spiro atoms. The van der Waals surface area contributed by atoms with Gasteiger partial charge in [0.05, 0.1) is 5.02 Å². The van der Waals surface area contributed by atoms with E-state index in [1.165, 1.54) is 18.2 Å². The quantitative estimate of drug-likeness (QED) is 0.138. The van der Waals surface area contributed by atoms with E-state index in [-0.39, 0.29) is 21.3 Å². The third-order valence-corrected chi connectivity index (χ3v) is 7.72. The predicted octanol–water partition coefficient (Wildman–Crippen LogP) is 7.86. The first-order valence-corrected chi connectivity index (χ1v) is 12.7. The molecule has 39 heavy (non-hydrogen) atoms. The Hall–Kier alpha value is -2.91. The van der Waals surface area contributed by atoms with Gasteiger partial charge >= 0.3 is 33.4 Å². The van der Waals surface area contributed by atoms with Crippen molar-refractivity contribution in [2.75, 3.05) is 0 Å². The van der Waals surface area contributed by atoms with Gasteiger partial charge in [0.1, 0.15) is 5.75 Å². The summed E-state index contributed by atoms with van der Waals surface area (Å²) in [6.07, 6.45) is -7.19. The van der Waals surface area contributed by atoms with Gasteiger partial charge in [-0.25, -0.2) is 0 Å². The molecule has 3 aromatic rings. The van der Waals surface area contributed by atoms with Crippen molar-refractivity contribution in [2.24, 2.45) is 0 Å². The standard InChI is InChI=1S/C23H12ClF9O4S2/c24-17-12-14(19(34)13-4-2-1-3-5-13)6-11-18(17)38-16-9-7-15(8-10-16)37-39(35,36)23(32,33)21(27,28)20(25,26)22(29,30)31/h1-12H. The summed E-state index contributed by atoms with van der Waals surface area (Å²) in [6, 6.07) is 16.0. The Labute approximate surface area is 223 Å². The topological polar surface area (TPSA) is 60.4 Å². The highest BCUT2D eigenvalue weighted by Crippen LogP contribution is 2.55. The van der Waals surface area contributed by atoms with E-state index in [2.05, 4.69) is 4.18 Å². The van der Waals surface area contributed by atoms with E-state index in [1.807, 2.05) is 0 Å². The summed E-state index contributed by atoms with van der Waals surface area (Å²) in [5.74, 6) is -16.2. The molecule has 0 heterocycles. The third-order valence-electron chi connectivity index (χ3n) is 4.92. The van der Waals surface area contributed by atoms with Crippen LogP contribution in [0.2, 0.25) is 5.02 Å². The molecule has 0 radical (unpaired) electrons. The maximum Gasteiger partial charge on any atom is 0.460 e. The number of hydrogen-bond donors (Lipinski definition) is 0. The highest BCUT2D eigenvalue weighted by molar-refractivity contribution is 7.99. The fraction of sp³-hybridized carbons (Fsp3) is 0.174. The monoisotopic (exact) mass is 622 g/mol. The molecule has 0 aliphatic heterocycles. The van der Waals surface area contributed by atoms with Crippen molar-refractivity contribution in [3.8, 4) is 5.75 Å². The second-order valence-electron chi connectivity index (χ2n) is 7.61. The summed E-state index contributed by atoms with van der Waals surface area (Å²) in [6.45, 7) is 0. The van der Waals surface area contributed by atoms with E-state index in [9.17, 15) is 52.7 Å². The molecular weight excluding hydrogens is 611 g/mol. The van der Waals surface area contributed by atoms with Crippen molar-refractivity contribution in [2.45, 2.75) is 33.1 Å². The zero-order chi connectivity index (χ0) is 29.4. The lowest BCUT2D eigenvalue weighted by Crippen LogP contribution is -2.63. The fourth-order valence-electron chi connectivity index (χ4n) is 2.87. The van der Waals surface area contributed by atoms with Crippen molar-refractivity contribution < 1.29 is 56.9 Å². The summed E-state index contributed by atoms with van der Waals surface area (Å²) in [7, 11) is -7.05. The van der Waals surface area contributed by atoms with Crippen LogP contribution in [0.3, 0.4) is 0 Å². The van der Waals surface area contributed by atoms with Crippen molar-refractivity contribution in [3.05, 3.63) is 88.9 Å². The van der Waals surface area contributed by atoms with Crippen LogP contribution in [0.4, 0.5) is 39.5 Å². The number of ketones is 1. The summed E-state index contributed by atoms with van der Waals surface area (Å²) < 4.78 is 144. The molecule has 0 amide bonds. The Morgan fingerprint density at radius 2 is 1.31 bits per heavy atom. The number of alkyl halides is 9. The van der Waals surface area contributed by atoms with Gasteiger partial charge in [0.2, 0.25) is 0 Å². The van der Waals surface area contributed by atoms with E-state index in [0.717, 1.165) is 23.9 Å². The Morgan fingerprint density at radius 1 is 0.744 bits per heavy atom. The third kappa shape index (κ3) is 5.84. The highest BCUT2D eigenvalue weighted by Gasteiger charge is 2.86. The van der Waals surface area contributed by atoms with Crippen molar-refractivity contribution in [3.63, 3.8) is 0 Å². The van der Waals surface area contributed by atoms with Crippen LogP contribution in [0, 0.1) is 0 Å². The van der Waals surface area contributed by atoms with Gasteiger partial charge in [-0.3, -0.25) is 4.79 Å². The van der Waals surface area contributed by atoms with Gasteiger partial charge in [-0.15, -0.1) is 0 Å². The lowest BCUT2D eigenvalue weighted by Gasteiger charge is -2.32. The summed E-state index contributed by atoms with van der Waals surface area (Å²) in [5, 5.41) is -6.85. The van der Waals surface area contributed by atoms with Crippen molar-refractivity contribution in [1.29, 1.82) is 0 Å². The molecule has 0 atom stereocenters. The molecule has 3 aromatic carbocycles. The molecule has 16 heteroatoms. The second kappa shape index (κ2) is 10.6. The number of rotatable bonds is 9. The average Bonchev–Trinajstić information content (AvgIpc) is 2.85. The first kappa shape index (κ1) is 30.6. The van der Waals surface area contributed by atoms with Gasteiger partial charge in [0.15, 0.2) is 5.78 Å². The van der Waals surface area contributed by atoms with Gasteiger partial charge in [-0.2, -0.15) is 47.9 Å². The lowest BCUT2D eigenvalue weighted by atomic mass is 10.0. The highest BCUT2D eigenvalue weighted by atomic mass is 35.5. The number of halogens is 10. The van der Waals surface area contributed by atoms with E-state index < -0.39 is 39.1 Å². The Bertz CT molecular complexity index is 1460. The molecule has 0 aliphatic carbocycles. The van der Waals surface area contributed by atoms with Gasteiger partial charge in [-0.05, 0) is 42.5 Å². The molecule has 0 aromatic heterocycles. The van der Waals surface area contributed by atoms with Crippen LogP contribution in [0.15, 0.2) is 82.6 Å². The molecule has 0 aliphatic rings. The zero-order valence-electron chi connectivity index (χ0n) is 18.7. The molecule has 4 nitrogen and oxygen atoms in total. The molecular formula is C23H12ClF9O4S2. The van der Waals surface area contributed by atoms with Crippen LogP contribution in [0.25, 0.3) is 0 Å². The van der Waals surface area contributed by atoms with E-state index in [4.69, 9.17) is 11.6 Å². The van der Waals surface area contributed by atoms with Crippen LogP contribution < -0.4 is 4.18 Å². The number of carbonyl (C=O) groups excluding carboxylic acids is 1. The van der Waals surface area contributed by atoms with Crippen molar-refractivity contribution in [1.82, 2.24) is 0 Å². The molecule has 0 unspecified atom stereocenters.